The van der Waals surface area contributed by atoms with E-state index < -0.39 is 0 Å². The summed E-state index contributed by atoms with van der Waals surface area (Å²) < 4.78 is 0. The van der Waals surface area contributed by atoms with Crippen molar-refractivity contribution in [2.75, 3.05) is 13.1 Å². The standard InChI is InChI=1S/C11H14N2O/c14-10-4-1-9(2-5-10)3-6-11-12-7-8-13-11/h1-2,4-5,14H,3,6-8H2,(H,12,13). The Balaban J connectivity index is 1.88. The lowest BCUT2D eigenvalue weighted by atomic mass is 10.1. The molecule has 2 N–H and O–H groups in total. The molecule has 1 heterocycles. The number of hydrogen-bond acceptors (Lipinski definition) is 3. The van der Waals surface area contributed by atoms with Gasteiger partial charge in [0.05, 0.1) is 12.4 Å². The summed E-state index contributed by atoms with van der Waals surface area (Å²) in [6, 6.07) is 7.34. The van der Waals surface area contributed by atoms with Crippen molar-refractivity contribution in [3.8, 4) is 5.75 Å². The fraction of sp³-hybridized carbons (Fsp3) is 0.364. The van der Waals surface area contributed by atoms with Crippen LogP contribution in [0.2, 0.25) is 0 Å². The van der Waals surface area contributed by atoms with Gasteiger partial charge in [0.1, 0.15) is 5.75 Å². The maximum absolute atomic E-state index is 9.10. The Bertz CT molecular complexity index is 330. The zero-order chi connectivity index (χ0) is 9.80. The molecule has 0 amide bonds. The first-order valence-electron chi connectivity index (χ1n) is 4.90. The highest BCUT2D eigenvalue weighted by Gasteiger charge is 2.04. The van der Waals surface area contributed by atoms with Gasteiger partial charge in [-0.25, -0.2) is 0 Å². The van der Waals surface area contributed by atoms with Crippen LogP contribution in [0.5, 0.6) is 5.75 Å². The Morgan fingerprint density at radius 1 is 1.21 bits per heavy atom. The number of aliphatic imine (C=N–C) groups is 1. The summed E-state index contributed by atoms with van der Waals surface area (Å²) in [5.41, 5.74) is 1.24. The zero-order valence-electron chi connectivity index (χ0n) is 8.03. The maximum atomic E-state index is 9.10. The molecule has 1 aromatic carbocycles. The molecule has 74 valence electrons. The van der Waals surface area contributed by atoms with Crippen molar-refractivity contribution >= 4 is 5.84 Å². The van der Waals surface area contributed by atoms with Crippen molar-refractivity contribution in [2.45, 2.75) is 12.8 Å². The molecule has 0 fully saturated rings. The minimum atomic E-state index is 0.324. The number of aromatic hydroxyl groups is 1. The van der Waals surface area contributed by atoms with Crippen LogP contribution in [0.15, 0.2) is 29.3 Å². The Morgan fingerprint density at radius 3 is 2.64 bits per heavy atom. The summed E-state index contributed by atoms with van der Waals surface area (Å²) in [5.74, 6) is 1.43. The largest absolute Gasteiger partial charge is 0.508 e. The normalized spacial score (nSPS) is 15.0. The number of benzene rings is 1. The third kappa shape index (κ3) is 2.25. The van der Waals surface area contributed by atoms with Crippen LogP contribution in [-0.4, -0.2) is 24.0 Å². The lowest BCUT2D eigenvalue weighted by Crippen LogP contribution is -2.18. The molecule has 0 aliphatic carbocycles. The van der Waals surface area contributed by atoms with E-state index in [1.54, 1.807) is 12.1 Å². The molecule has 0 spiro atoms. The van der Waals surface area contributed by atoms with E-state index in [9.17, 15) is 0 Å². The van der Waals surface area contributed by atoms with Crippen LogP contribution in [0.25, 0.3) is 0 Å². The molecular weight excluding hydrogens is 176 g/mol. The van der Waals surface area contributed by atoms with Crippen molar-refractivity contribution in [1.82, 2.24) is 5.32 Å². The average Bonchev–Trinajstić information content (AvgIpc) is 2.70. The number of rotatable bonds is 3. The molecule has 1 aromatic rings. The summed E-state index contributed by atoms with van der Waals surface area (Å²) in [5, 5.41) is 12.3. The van der Waals surface area contributed by atoms with Gasteiger partial charge >= 0.3 is 0 Å². The minimum Gasteiger partial charge on any atom is -0.508 e. The van der Waals surface area contributed by atoms with Crippen LogP contribution in [-0.2, 0) is 6.42 Å². The number of amidine groups is 1. The van der Waals surface area contributed by atoms with Crippen LogP contribution < -0.4 is 5.32 Å². The molecule has 0 aromatic heterocycles. The second kappa shape index (κ2) is 4.13. The van der Waals surface area contributed by atoms with E-state index in [0.29, 0.717) is 5.75 Å². The first-order chi connectivity index (χ1) is 6.84. The summed E-state index contributed by atoms with van der Waals surface area (Å²) in [6.07, 6.45) is 1.94. The van der Waals surface area contributed by atoms with Crippen LogP contribution >= 0.6 is 0 Å². The van der Waals surface area contributed by atoms with Gasteiger partial charge in [0, 0.05) is 13.0 Å². The van der Waals surface area contributed by atoms with Crippen molar-refractivity contribution in [2.24, 2.45) is 4.99 Å². The first-order valence-corrected chi connectivity index (χ1v) is 4.90. The molecule has 1 aliphatic heterocycles. The Morgan fingerprint density at radius 2 is 2.00 bits per heavy atom. The van der Waals surface area contributed by atoms with Crippen LogP contribution in [0.4, 0.5) is 0 Å². The van der Waals surface area contributed by atoms with Crippen molar-refractivity contribution in [3.05, 3.63) is 29.8 Å². The van der Waals surface area contributed by atoms with Gasteiger partial charge in [-0.1, -0.05) is 12.1 Å². The average molecular weight is 190 g/mol. The molecule has 14 heavy (non-hydrogen) atoms. The van der Waals surface area contributed by atoms with Gasteiger partial charge in [0.15, 0.2) is 0 Å². The summed E-state index contributed by atoms with van der Waals surface area (Å²) in [6.45, 7) is 1.88. The summed E-state index contributed by atoms with van der Waals surface area (Å²) in [4.78, 5) is 4.32. The Labute approximate surface area is 83.5 Å². The topological polar surface area (TPSA) is 44.6 Å². The van der Waals surface area contributed by atoms with E-state index in [1.807, 2.05) is 12.1 Å². The number of phenols is 1. The van der Waals surface area contributed by atoms with Gasteiger partial charge in [-0.3, -0.25) is 4.99 Å². The van der Waals surface area contributed by atoms with Gasteiger partial charge < -0.3 is 10.4 Å². The molecule has 0 saturated heterocycles. The highest BCUT2D eigenvalue weighted by atomic mass is 16.3. The number of phenolic OH excluding ortho intramolecular Hbond substituents is 1. The molecule has 0 radical (unpaired) electrons. The Kier molecular flexibility index (Phi) is 2.68. The third-order valence-electron chi connectivity index (χ3n) is 2.33. The lowest BCUT2D eigenvalue weighted by molar-refractivity contribution is 0.475. The lowest BCUT2D eigenvalue weighted by Gasteiger charge is -2.02. The molecule has 0 saturated carbocycles. The number of aryl methyl sites for hydroxylation is 1. The second-order valence-corrected chi connectivity index (χ2v) is 3.42. The summed E-state index contributed by atoms with van der Waals surface area (Å²) in [7, 11) is 0. The second-order valence-electron chi connectivity index (χ2n) is 3.42. The predicted molar refractivity (Wildman–Crippen MR) is 56.7 cm³/mol. The highest BCUT2D eigenvalue weighted by Crippen LogP contribution is 2.11. The van der Waals surface area contributed by atoms with Gasteiger partial charge in [-0.2, -0.15) is 0 Å². The molecule has 3 heteroatoms. The van der Waals surface area contributed by atoms with Crippen molar-refractivity contribution in [3.63, 3.8) is 0 Å². The molecule has 0 bridgehead atoms. The molecule has 0 unspecified atom stereocenters. The van der Waals surface area contributed by atoms with Gasteiger partial charge in [0.2, 0.25) is 0 Å². The zero-order valence-corrected chi connectivity index (χ0v) is 8.03. The quantitative estimate of drug-likeness (QED) is 0.755. The molecule has 3 nitrogen and oxygen atoms in total. The van der Waals surface area contributed by atoms with E-state index in [2.05, 4.69) is 10.3 Å². The number of nitrogens with zero attached hydrogens (tertiary/aromatic N) is 1. The van der Waals surface area contributed by atoms with E-state index in [1.165, 1.54) is 5.56 Å². The Hall–Kier alpha value is -1.51. The van der Waals surface area contributed by atoms with Crippen LogP contribution in [0.1, 0.15) is 12.0 Å². The highest BCUT2D eigenvalue weighted by molar-refractivity contribution is 5.83. The molecule has 2 rings (SSSR count). The minimum absolute atomic E-state index is 0.324. The van der Waals surface area contributed by atoms with E-state index in [0.717, 1.165) is 31.8 Å². The smallest absolute Gasteiger partial charge is 0.115 e. The van der Waals surface area contributed by atoms with E-state index in [-0.39, 0.29) is 0 Å². The molecular formula is C11H14N2O. The van der Waals surface area contributed by atoms with Gasteiger partial charge in [-0.15, -0.1) is 0 Å². The maximum Gasteiger partial charge on any atom is 0.115 e. The van der Waals surface area contributed by atoms with Gasteiger partial charge in [0.25, 0.3) is 0 Å². The van der Waals surface area contributed by atoms with Crippen molar-refractivity contribution < 1.29 is 5.11 Å². The van der Waals surface area contributed by atoms with Gasteiger partial charge in [-0.05, 0) is 24.1 Å². The van der Waals surface area contributed by atoms with E-state index >= 15 is 0 Å². The number of hydrogen-bond donors (Lipinski definition) is 2. The predicted octanol–water partition coefficient (Wildman–Crippen LogP) is 1.33. The van der Waals surface area contributed by atoms with E-state index in [4.69, 9.17) is 5.11 Å². The van der Waals surface area contributed by atoms with Crippen LogP contribution in [0.3, 0.4) is 0 Å². The third-order valence-corrected chi connectivity index (χ3v) is 2.33. The first kappa shape index (κ1) is 9.06. The fourth-order valence-electron chi connectivity index (χ4n) is 1.54. The number of nitrogens with one attached hydrogen (secondary N) is 1. The molecule has 0 atom stereocenters. The molecule has 1 aliphatic rings. The monoisotopic (exact) mass is 190 g/mol. The fourth-order valence-corrected chi connectivity index (χ4v) is 1.54. The van der Waals surface area contributed by atoms with Crippen LogP contribution in [0, 0.1) is 0 Å². The SMILES string of the molecule is Oc1ccc(CCC2=NCCN2)cc1. The van der Waals surface area contributed by atoms with Crippen molar-refractivity contribution in [1.29, 1.82) is 0 Å². The summed E-state index contributed by atoms with van der Waals surface area (Å²) >= 11 is 0.